The number of carbonyl (C=O) groups is 1. The molecule has 0 aromatic heterocycles. The molecule has 0 rings (SSSR count). The number of rotatable bonds is 2. The Morgan fingerprint density at radius 1 is 1.56 bits per heavy atom. The van der Waals surface area contributed by atoms with Crippen LogP contribution in [0.1, 0.15) is 20.8 Å². The molecule has 0 unspecified atom stereocenters. The lowest BCUT2D eigenvalue weighted by Gasteiger charge is -2.21. The third kappa shape index (κ3) is 1.68. The monoisotopic (exact) mass is 132 g/mol. The Hall–Kier alpha value is -0.570. The van der Waals surface area contributed by atoms with Gasteiger partial charge in [-0.3, -0.25) is 0 Å². The van der Waals surface area contributed by atoms with Crippen LogP contribution in [0.2, 0.25) is 0 Å². The zero-order valence-electron chi connectivity index (χ0n) is 5.88. The number of hydrogen-bond donors (Lipinski definition) is 2. The summed E-state index contributed by atoms with van der Waals surface area (Å²) in [6.07, 6.45) is 0. The van der Waals surface area contributed by atoms with Crippen molar-refractivity contribution in [3.63, 3.8) is 0 Å². The second-order valence-corrected chi connectivity index (χ2v) is 2.61. The smallest absolute Gasteiger partial charge is 0.335 e. The van der Waals surface area contributed by atoms with Crippen molar-refractivity contribution < 1.29 is 15.0 Å². The molecule has 0 saturated heterocycles. The van der Waals surface area contributed by atoms with Crippen LogP contribution in [0.15, 0.2) is 0 Å². The van der Waals surface area contributed by atoms with E-state index in [1.54, 1.807) is 13.8 Å². The maximum atomic E-state index is 10.2. The van der Waals surface area contributed by atoms with Gasteiger partial charge >= 0.3 is 5.97 Å². The normalized spacial score (nSPS) is 17.4. The highest BCUT2D eigenvalue weighted by Crippen LogP contribution is 2.15. The fourth-order valence-corrected chi connectivity index (χ4v) is 0.247. The van der Waals surface area contributed by atoms with Crippen molar-refractivity contribution in [2.45, 2.75) is 26.4 Å². The Morgan fingerprint density at radius 3 is 1.89 bits per heavy atom. The number of aliphatic carboxylic acids is 1. The van der Waals surface area contributed by atoms with E-state index >= 15 is 0 Å². The van der Waals surface area contributed by atoms with Crippen LogP contribution in [0, 0.1) is 5.92 Å². The molecule has 3 heteroatoms. The first-order chi connectivity index (χ1) is 3.89. The topological polar surface area (TPSA) is 57.5 Å². The fourth-order valence-electron chi connectivity index (χ4n) is 0.247. The molecule has 0 aromatic carbocycles. The molecular formula is C6H12O3. The van der Waals surface area contributed by atoms with Crippen molar-refractivity contribution in [1.82, 2.24) is 0 Å². The first-order valence-electron chi connectivity index (χ1n) is 2.84. The molecule has 0 bridgehead atoms. The van der Waals surface area contributed by atoms with E-state index in [0.717, 1.165) is 0 Å². The van der Waals surface area contributed by atoms with Gasteiger partial charge in [0.05, 0.1) is 0 Å². The average molecular weight is 132 g/mol. The second-order valence-electron chi connectivity index (χ2n) is 2.61. The number of carboxylic acids is 1. The Balaban J connectivity index is 4.19. The minimum Gasteiger partial charge on any atom is -0.479 e. The molecule has 0 saturated carbocycles. The van der Waals surface area contributed by atoms with Crippen LogP contribution in [-0.4, -0.2) is 21.8 Å². The molecule has 0 aliphatic rings. The summed E-state index contributed by atoms with van der Waals surface area (Å²) in [4.78, 5) is 10.2. The van der Waals surface area contributed by atoms with E-state index in [-0.39, 0.29) is 5.92 Å². The second kappa shape index (κ2) is 2.35. The van der Waals surface area contributed by atoms with Crippen molar-refractivity contribution in [2.24, 2.45) is 5.92 Å². The van der Waals surface area contributed by atoms with Crippen molar-refractivity contribution in [3.05, 3.63) is 0 Å². The first kappa shape index (κ1) is 8.43. The van der Waals surface area contributed by atoms with Crippen LogP contribution >= 0.6 is 0 Å². The highest BCUT2D eigenvalue weighted by atomic mass is 16.4. The highest BCUT2D eigenvalue weighted by molar-refractivity contribution is 5.76. The molecule has 3 nitrogen and oxygen atoms in total. The maximum absolute atomic E-state index is 10.2. The van der Waals surface area contributed by atoms with Crippen LogP contribution in [0.25, 0.3) is 0 Å². The summed E-state index contributed by atoms with van der Waals surface area (Å²) in [5.74, 6) is -1.42. The standard InChI is InChI=1S/C6H12O3/c1-4(2)6(3,9)5(7)8/h4,9H,1-3H3,(H,7,8)/t6-/m1/s1. The van der Waals surface area contributed by atoms with Gasteiger partial charge in [-0.05, 0) is 12.8 Å². The van der Waals surface area contributed by atoms with E-state index < -0.39 is 11.6 Å². The summed E-state index contributed by atoms with van der Waals surface area (Å²) in [6, 6.07) is 0. The van der Waals surface area contributed by atoms with Gasteiger partial charge in [0.2, 0.25) is 0 Å². The minimum atomic E-state index is -1.58. The summed E-state index contributed by atoms with van der Waals surface area (Å²) >= 11 is 0. The molecule has 0 aliphatic carbocycles. The van der Waals surface area contributed by atoms with Gasteiger partial charge in [0.1, 0.15) is 0 Å². The van der Waals surface area contributed by atoms with Crippen LogP contribution in [-0.2, 0) is 4.79 Å². The molecule has 1 atom stereocenters. The molecule has 0 aromatic rings. The molecule has 0 amide bonds. The Bertz CT molecular complexity index is 115. The lowest BCUT2D eigenvalue weighted by molar-refractivity contribution is -0.160. The van der Waals surface area contributed by atoms with Crippen LogP contribution in [0.5, 0.6) is 0 Å². The third-order valence-corrected chi connectivity index (χ3v) is 1.56. The average Bonchev–Trinajstić information content (AvgIpc) is 1.65. The number of hydrogen-bond acceptors (Lipinski definition) is 2. The molecule has 54 valence electrons. The molecule has 2 N–H and O–H groups in total. The zero-order valence-corrected chi connectivity index (χ0v) is 5.88. The predicted molar refractivity (Wildman–Crippen MR) is 33.1 cm³/mol. The fraction of sp³-hybridized carbons (Fsp3) is 0.833. The summed E-state index contributed by atoms with van der Waals surface area (Å²) in [5, 5.41) is 17.4. The predicted octanol–water partition coefficient (Wildman–Crippen LogP) is 0.478. The molecule has 0 fully saturated rings. The van der Waals surface area contributed by atoms with E-state index in [2.05, 4.69) is 0 Å². The van der Waals surface area contributed by atoms with E-state index in [9.17, 15) is 4.79 Å². The third-order valence-electron chi connectivity index (χ3n) is 1.56. The van der Waals surface area contributed by atoms with Crippen LogP contribution in [0.3, 0.4) is 0 Å². The summed E-state index contributed by atoms with van der Waals surface area (Å²) in [5.41, 5.74) is -1.58. The van der Waals surface area contributed by atoms with E-state index in [1.165, 1.54) is 6.92 Å². The van der Waals surface area contributed by atoms with Gasteiger partial charge < -0.3 is 10.2 Å². The van der Waals surface area contributed by atoms with Gasteiger partial charge in [0.15, 0.2) is 5.60 Å². The highest BCUT2D eigenvalue weighted by Gasteiger charge is 2.33. The summed E-state index contributed by atoms with van der Waals surface area (Å²) < 4.78 is 0. The molecule has 0 aliphatic heterocycles. The largest absolute Gasteiger partial charge is 0.479 e. The van der Waals surface area contributed by atoms with E-state index in [0.29, 0.717) is 0 Å². The molecular weight excluding hydrogens is 120 g/mol. The van der Waals surface area contributed by atoms with Gasteiger partial charge in [-0.15, -0.1) is 0 Å². The Labute approximate surface area is 54.3 Å². The first-order valence-corrected chi connectivity index (χ1v) is 2.84. The van der Waals surface area contributed by atoms with Gasteiger partial charge in [0, 0.05) is 0 Å². The zero-order chi connectivity index (χ0) is 7.65. The SMILES string of the molecule is CC(C)[C@@](C)(O)C(=O)O. The summed E-state index contributed by atoms with van der Waals surface area (Å²) in [6.45, 7) is 4.61. The summed E-state index contributed by atoms with van der Waals surface area (Å²) in [7, 11) is 0. The quantitative estimate of drug-likeness (QED) is 0.574. The molecule has 0 radical (unpaired) electrons. The number of aliphatic hydroxyl groups is 1. The van der Waals surface area contributed by atoms with Crippen LogP contribution in [0.4, 0.5) is 0 Å². The van der Waals surface area contributed by atoms with Gasteiger partial charge in [0.25, 0.3) is 0 Å². The van der Waals surface area contributed by atoms with E-state index in [1.807, 2.05) is 0 Å². The number of carboxylic acid groups (broad SMARTS) is 1. The Morgan fingerprint density at radius 2 is 1.89 bits per heavy atom. The van der Waals surface area contributed by atoms with Crippen LogP contribution < -0.4 is 0 Å². The van der Waals surface area contributed by atoms with Crippen molar-refractivity contribution in [1.29, 1.82) is 0 Å². The van der Waals surface area contributed by atoms with Gasteiger partial charge in [-0.2, -0.15) is 0 Å². The van der Waals surface area contributed by atoms with Crippen molar-refractivity contribution >= 4 is 5.97 Å². The van der Waals surface area contributed by atoms with Crippen molar-refractivity contribution in [3.8, 4) is 0 Å². The molecule has 0 spiro atoms. The lowest BCUT2D eigenvalue weighted by Crippen LogP contribution is -2.40. The maximum Gasteiger partial charge on any atom is 0.335 e. The minimum absolute atomic E-state index is 0.255. The lowest BCUT2D eigenvalue weighted by atomic mass is 9.93. The van der Waals surface area contributed by atoms with Gasteiger partial charge in [-0.1, -0.05) is 13.8 Å². The Kier molecular flexibility index (Phi) is 2.20. The molecule has 0 heterocycles. The van der Waals surface area contributed by atoms with E-state index in [4.69, 9.17) is 10.2 Å². The molecule has 9 heavy (non-hydrogen) atoms. The van der Waals surface area contributed by atoms with Crippen molar-refractivity contribution in [2.75, 3.05) is 0 Å². The van der Waals surface area contributed by atoms with Gasteiger partial charge in [-0.25, -0.2) is 4.79 Å².